The van der Waals surface area contributed by atoms with Crippen molar-refractivity contribution in [3.05, 3.63) is 18.2 Å². The molecule has 5 heteroatoms. The molecule has 0 spiro atoms. The maximum atomic E-state index is 12.0. The Bertz CT molecular complexity index is 426. The molecule has 0 radical (unpaired) electrons. The van der Waals surface area contributed by atoms with Gasteiger partial charge in [-0.25, -0.2) is 14.8 Å². The number of anilines is 1. The Morgan fingerprint density at radius 3 is 2.94 bits per heavy atom. The molecule has 0 aromatic carbocycles. The minimum Gasteiger partial charge on any atom is -0.443 e. The summed E-state index contributed by atoms with van der Waals surface area (Å²) in [7, 11) is 0. The molecule has 1 aliphatic heterocycles. The molecule has 92 valence electrons. The van der Waals surface area contributed by atoms with E-state index in [4.69, 9.17) is 4.74 Å². The summed E-state index contributed by atoms with van der Waals surface area (Å²) in [5.41, 5.74) is 1.20. The van der Waals surface area contributed by atoms with Crippen LogP contribution in [0.5, 0.6) is 0 Å². The van der Waals surface area contributed by atoms with E-state index in [1.165, 1.54) is 6.33 Å². The molecule has 0 saturated carbocycles. The Kier molecular flexibility index (Phi) is 3.00. The van der Waals surface area contributed by atoms with Gasteiger partial charge in [0.05, 0.1) is 17.6 Å². The van der Waals surface area contributed by atoms with Gasteiger partial charge in [0.15, 0.2) is 0 Å². The minimum absolute atomic E-state index is 0.326. The summed E-state index contributed by atoms with van der Waals surface area (Å²) in [6.45, 7) is 6.24. The second-order valence-electron chi connectivity index (χ2n) is 5.09. The molecule has 1 amide bonds. The lowest BCUT2D eigenvalue weighted by atomic mass is 10.1. The van der Waals surface area contributed by atoms with Crippen LogP contribution in [-0.4, -0.2) is 28.2 Å². The summed E-state index contributed by atoms with van der Waals surface area (Å²) < 4.78 is 5.37. The van der Waals surface area contributed by atoms with Crippen LogP contribution >= 0.6 is 0 Å². The van der Waals surface area contributed by atoms with Crippen molar-refractivity contribution in [3.8, 4) is 0 Å². The van der Waals surface area contributed by atoms with Crippen LogP contribution in [0.3, 0.4) is 0 Å². The number of ether oxygens (including phenoxy) is 1. The lowest BCUT2D eigenvalue weighted by Crippen LogP contribution is -2.40. The minimum atomic E-state index is -0.482. The van der Waals surface area contributed by atoms with Gasteiger partial charge in [-0.1, -0.05) is 0 Å². The van der Waals surface area contributed by atoms with Crippen LogP contribution in [0.2, 0.25) is 0 Å². The summed E-state index contributed by atoms with van der Waals surface area (Å²) in [5, 5.41) is 0. The van der Waals surface area contributed by atoms with E-state index < -0.39 is 5.60 Å². The molecule has 0 saturated heterocycles. The smallest absolute Gasteiger partial charge is 0.414 e. The molecule has 0 bridgehead atoms. The Morgan fingerprint density at radius 1 is 1.47 bits per heavy atom. The van der Waals surface area contributed by atoms with Crippen LogP contribution in [0.1, 0.15) is 32.9 Å². The van der Waals surface area contributed by atoms with E-state index in [-0.39, 0.29) is 6.09 Å². The zero-order valence-electron chi connectivity index (χ0n) is 10.4. The van der Waals surface area contributed by atoms with Crippen molar-refractivity contribution in [2.45, 2.75) is 39.2 Å². The van der Waals surface area contributed by atoms with E-state index in [0.717, 1.165) is 24.2 Å². The van der Waals surface area contributed by atoms with Gasteiger partial charge >= 0.3 is 6.09 Å². The Balaban J connectivity index is 2.21. The number of amides is 1. The highest BCUT2D eigenvalue weighted by molar-refractivity contribution is 5.88. The third kappa shape index (κ3) is 2.72. The van der Waals surface area contributed by atoms with Crippen molar-refractivity contribution in [2.24, 2.45) is 0 Å². The van der Waals surface area contributed by atoms with E-state index in [0.29, 0.717) is 6.54 Å². The number of hydrogen-bond donors (Lipinski definition) is 0. The second kappa shape index (κ2) is 4.31. The summed E-state index contributed by atoms with van der Waals surface area (Å²) in [6, 6.07) is 0. The third-order valence-corrected chi connectivity index (χ3v) is 2.47. The quantitative estimate of drug-likeness (QED) is 0.691. The number of carbonyl (C=O) groups is 1. The number of hydrogen-bond acceptors (Lipinski definition) is 4. The Labute approximate surface area is 101 Å². The fourth-order valence-electron chi connectivity index (χ4n) is 1.80. The molecule has 1 aliphatic rings. The molecule has 0 N–H and O–H groups in total. The lowest BCUT2D eigenvalue weighted by molar-refractivity contribution is 0.0577. The third-order valence-electron chi connectivity index (χ3n) is 2.47. The number of carbonyl (C=O) groups excluding carboxylic acids is 1. The first-order valence-electron chi connectivity index (χ1n) is 5.77. The van der Waals surface area contributed by atoms with Crippen molar-refractivity contribution in [1.82, 2.24) is 9.97 Å². The van der Waals surface area contributed by atoms with Gasteiger partial charge in [-0.2, -0.15) is 0 Å². The SMILES string of the molecule is CC(C)(C)OC(=O)N1CCCc2ncncc21. The first-order chi connectivity index (χ1) is 7.97. The molecule has 0 atom stereocenters. The number of aromatic nitrogens is 2. The molecule has 0 aliphatic carbocycles. The van der Waals surface area contributed by atoms with Crippen LogP contribution in [0.15, 0.2) is 12.5 Å². The van der Waals surface area contributed by atoms with Gasteiger partial charge in [0.1, 0.15) is 11.9 Å². The molecule has 1 aromatic heterocycles. The van der Waals surface area contributed by atoms with Crippen LogP contribution in [0.25, 0.3) is 0 Å². The predicted octanol–water partition coefficient (Wildman–Crippen LogP) is 2.16. The fourth-order valence-corrected chi connectivity index (χ4v) is 1.80. The van der Waals surface area contributed by atoms with Crippen LogP contribution in [-0.2, 0) is 11.2 Å². The van der Waals surface area contributed by atoms with E-state index in [1.54, 1.807) is 11.1 Å². The molecule has 2 rings (SSSR count). The van der Waals surface area contributed by atoms with Gasteiger partial charge in [0, 0.05) is 6.54 Å². The number of rotatable bonds is 0. The molecule has 0 fully saturated rings. The van der Waals surface area contributed by atoms with Crippen LogP contribution in [0.4, 0.5) is 10.5 Å². The Hall–Kier alpha value is -1.65. The maximum Gasteiger partial charge on any atom is 0.414 e. The summed E-state index contributed by atoms with van der Waals surface area (Å²) in [6.07, 6.45) is 4.65. The molecule has 5 nitrogen and oxygen atoms in total. The second-order valence-corrected chi connectivity index (χ2v) is 5.09. The van der Waals surface area contributed by atoms with E-state index in [1.807, 2.05) is 20.8 Å². The predicted molar refractivity (Wildman–Crippen MR) is 63.9 cm³/mol. The summed E-state index contributed by atoms with van der Waals surface area (Å²) in [5.74, 6) is 0. The highest BCUT2D eigenvalue weighted by Crippen LogP contribution is 2.25. The lowest BCUT2D eigenvalue weighted by Gasteiger charge is -2.30. The largest absolute Gasteiger partial charge is 0.443 e. The monoisotopic (exact) mass is 235 g/mol. The van der Waals surface area contributed by atoms with Gasteiger partial charge in [-0.3, -0.25) is 4.90 Å². The maximum absolute atomic E-state index is 12.0. The van der Waals surface area contributed by atoms with E-state index >= 15 is 0 Å². The van der Waals surface area contributed by atoms with Crippen molar-refractivity contribution in [1.29, 1.82) is 0 Å². The molecule has 1 aromatic rings. The molecule has 17 heavy (non-hydrogen) atoms. The summed E-state index contributed by atoms with van der Waals surface area (Å²) in [4.78, 5) is 21.8. The normalized spacial score (nSPS) is 15.4. The molecule has 2 heterocycles. The Morgan fingerprint density at radius 2 is 2.24 bits per heavy atom. The van der Waals surface area contributed by atoms with Crippen molar-refractivity contribution in [3.63, 3.8) is 0 Å². The molecular weight excluding hydrogens is 218 g/mol. The molecule has 0 unspecified atom stereocenters. The van der Waals surface area contributed by atoms with E-state index in [9.17, 15) is 4.79 Å². The fraction of sp³-hybridized carbons (Fsp3) is 0.583. The zero-order valence-corrected chi connectivity index (χ0v) is 10.4. The first-order valence-corrected chi connectivity index (χ1v) is 5.77. The topological polar surface area (TPSA) is 55.3 Å². The summed E-state index contributed by atoms with van der Waals surface area (Å²) >= 11 is 0. The van der Waals surface area contributed by atoms with Crippen molar-refractivity contribution >= 4 is 11.8 Å². The van der Waals surface area contributed by atoms with Gasteiger partial charge in [-0.05, 0) is 33.6 Å². The molecular formula is C12H17N3O2. The van der Waals surface area contributed by atoms with Crippen LogP contribution < -0.4 is 4.90 Å². The van der Waals surface area contributed by atoms with Gasteiger partial charge in [-0.15, -0.1) is 0 Å². The van der Waals surface area contributed by atoms with Gasteiger partial charge < -0.3 is 4.74 Å². The van der Waals surface area contributed by atoms with Crippen molar-refractivity contribution < 1.29 is 9.53 Å². The zero-order chi connectivity index (χ0) is 12.5. The number of fused-ring (bicyclic) bond motifs is 1. The first kappa shape index (κ1) is 11.8. The van der Waals surface area contributed by atoms with Gasteiger partial charge in [0.2, 0.25) is 0 Å². The van der Waals surface area contributed by atoms with Crippen LogP contribution in [0, 0.1) is 0 Å². The van der Waals surface area contributed by atoms with Crippen molar-refractivity contribution in [2.75, 3.05) is 11.4 Å². The average Bonchev–Trinajstić information content (AvgIpc) is 2.26. The standard InChI is InChI=1S/C12H17N3O2/c1-12(2,3)17-11(16)15-6-4-5-9-10(15)7-13-8-14-9/h7-8H,4-6H2,1-3H3. The van der Waals surface area contributed by atoms with E-state index in [2.05, 4.69) is 9.97 Å². The number of nitrogens with zero attached hydrogens (tertiary/aromatic N) is 3. The number of aryl methyl sites for hydroxylation is 1. The highest BCUT2D eigenvalue weighted by atomic mass is 16.6. The average molecular weight is 235 g/mol. The van der Waals surface area contributed by atoms with Gasteiger partial charge in [0.25, 0.3) is 0 Å². The highest BCUT2D eigenvalue weighted by Gasteiger charge is 2.27.